The fourth-order valence-electron chi connectivity index (χ4n) is 3.54. The van der Waals surface area contributed by atoms with Crippen molar-refractivity contribution in [1.29, 1.82) is 0 Å². The van der Waals surface area contributed by atoms with Gasteiger partial charge in [0.1, 0.15) is 11.6 Å². The maximum absolute atomic E-state index is 12.6. The van der Waals surface area contributed by atoms with Crippen molar-refractivity contribution in [1.82, 2.24) is 14.9 Å². The highest BCUT2D eigenvalue weighted by molar-refractivity contribution is 7.99. The van der Waals surface area contributed by atoms with E-state index in [0.29, 0.717) is 17.4 Å². The van der Waals surface area contributed by atoms with Crippen molar-refractivity contribution in [3.05, 3.63) is 65.7 Å². The Kier molecular flexibility index (Phi) is 6.38. The Morgan fingerprint density at radius 1 is 1.07 bits per heavy atom. The minimum atomic E-state index is 0.181. The van der Waals surface area contributed by atoms with Gasteiger partial charge < -0.3 is 14.2 Å². The van der Waals surface area contributed by atoms with Gasteiger partial charge in [-0.05, 0) is 37.6 Å². The predicted octanol–water partition coefficient (Wildman–Crippen LogP) is 3.94. The second kappa shape index (κ2) is 9.34. The summed E-state index contributed by atoms with van der Waals surface area (Å²) in [4.78, 5) is 25.8. The molecule has 0 spiro atoms. The molecule has 0 unspecified atom stereocenters. The summed E-state index contributed by atoms with van der Waals surface area (Å²) in [7, 11) is 0. The molecule has 7 heteroatoms. The number of hydrogen-bond donors (Lipinski definition) is 0. The number of anilines is 1. The molecule has 3 heterocycles. The van der Waals surface area contributed by atoms with Crippen LogP contribution in [0.2, 0.25) is 0 Å². The number of carbonyl (C=O) groups excluding carboxylic acids is 1. The van der Waals surface area contributed by atoms with Crippen LogP contribution in [0.1, 0.15) is 17.0 Å². The molecule has 0 N–H and O–H groups in total. The number of carbonyl (C=O) groups is 1. The van der Waals surface area contributed by atoms with Crippen LogP contribution >= 0.6 is 11.8 Å². The van der Waals surface area contributed by atoms with Crippen LogP contribution in [0.3, 0.4) is 0 Å². The van der Waals surface area contributed by atoms with Gasteiger partial charge in [-0.1, -0.05) is 24.3 Å². The van der Waals surface area contributed by atoms with Gasteiger partial charge in [0.15, 0.2) is 0 Å². The van der Waals surface area contributed by atoms with E-state index in [1.165, 1.54) is 0 Å². The first-order chi connectivity index (χ1) is 14.6. The molecule has 1 saturated heterocycles. The van der Waals surface area contributed by atoms with Gasteiger partial charge in [0.2, 0.25) is 11.8 Å². The van der Waals surface area contributed by atoms with Crippen molar-refractivity contribution in [2.45, 2.75) is 19.6 Å². The predicted molar refractivity (Wildman–Crippen MR) is 121 cm³/mol. The zero-order valence-electron chi connectivity index (χ0n) is 17.4. The second-order valence-corrected chi connectivity index (χ2v) is 8.37. The van der Waals surface area contributed by atoms with E-state index in [0.717, 1.165) is 54.6 Å². The van der Waals surface area contributed by atoms with Gasteiger partial charge in [-0.2, -0.15) is 0 Å². The van der Waals surface area contributed by atoms with Crippen LogP contribution in [0, 0.1) is 13.8 Å². The smallest absolute Gasteiger partial charge is 0.232 e. The number of pyridine rings is 1. The van der Waals surface area contributed by atoms with Crippen LogP contribution in [0.25, 0.3) is 11.5 Å². The molecule has 1 fully saturated rings. The maximum atomic E-state index is 12.6. The zero-order chi connectivity index (χ0) is 20.9. The normalized spacial score (nSPS) is 14.2. The molecule has 156 valence electrons. The third-order valence-corrected chi connectivity index (χ3v) is 6.27. The van der Waals surface area contributed by atoms with E-state index in [4.69, 9.17) is 4.42 Å². The zero-order valence-corrected chi connectivity index (χ0v) is 18.2. The summed E-state index contributed by atoms with van der Waals surface area (Å²) in [5.74, 6) is 3.75. The topological polar surface area (TPSA) is 62.5 Å². The third kappa shape index (κ3) is 4.67. The maximum Gasteiger partial charge on any atom is 0.232 e. The molecular weight excluding hydrogens is 396 g/mol. The van der Waals surface area contributed by atoms with Crippen LogP contribution in [0.4, 0.5) is 5.82 Å². The van der Waals surface area contributed by atoms with Crippen molar-refractivity contribution in [3.8, 4) is 11.5 Å². The summed E-state index contributed by atoms with van der Waals surface area (Å²) in [6, 6.07) is 14.0. The minimum absolute atomic E-state index is 0.181. The van der Waals surface area contributed by atoms with Crippen LogP contribution in [-0.4, -0.2) is 52.7 Å². The van der Waals surface area contributed by atoms with Gasteiger partial charge in [0.25, 0.3) is 0 Å². The Labute approximate surface area is 181 Å². The summed E-state index contributed by atoms with van der Waals surface area (Å²) in [6.07, 6.45) is 1.81. The van der Waals surface area contributed by atoms with Crippen LogP contribution in [-0.2, 0) is 10.5 Å². The SMILES string of the molecule is Cc1ccccc1-c1nc(CSCC(=O)N2CCN(c3ccccn3)CC2)c(C)o1. The summed E-state index contributed by atoms with van der Waals surface area (Å²) >= 11 is 1.59. The molecule has 0 bridgehead atoms. The van der Waals surface area contributed by atoms with Crippen molar-refractivity contribution in [3.63, 3.8) is 0 Å². The highest BCUT2D eigenvalue weighted by Crippen LogP contribution is 2.26. The summed E-state index contributed by atoms with van der Waals surface area (Å²) in [6.45, 7) is 7.08. The molecule has 4 rings (SSSR count). The van der Waals surface area contributed by atoms with E-state index in [1.807, 2.05) is 48.2 Å². The number of thioether (sulfide) groups is 1. The molecular formula is C23H26N4O2S. The van der Waals surface area contributed by atoms with E-state index >= 15 is 0 Å². The molecule has 1 aromatic carbocycles. The summed E-state index contributed by atoms with van der Waals surface area (Å²) in [5.41, 5.74) is 3.06. The average molecular weight is 423 g/mol. The number of amides is 1. The number of rotatable bonds is 6. The quantitative estimate of drug-likeness (QED) is 0.600. The highest BCUT2D eigenvalue weighted by Gasteiger charge is 2.22. The van der Waals surface area contributed by atoms with Crippen LogP contribution in [0.15, 0.2) is 53.1 Å². The van der Waals surface area contributed by atoms with Crippen molar-refractivity contribution < 1.29 is 9.21 Å². The monoisotopic (exact) mass is 422 g/mol. The lowest BCUT2D eigenvalue weighted by atomic mass is 10.1. The standard InChI is InChI=1S/C23H26N4O2S/c1-17-7-3-4-8-19(17)23-25-20(18(2)29-23)15-30-16-22(28)27-13-11-26(12-14-27)21-9-5-6-10-24-21/h3-10H,11-16H2,1-2H3. The van der Waals surface area contributed by atoms with Gasteiger partial charge in [-0.25, -0.2) is 9.97 Å². The second-order valence-electron chi connectivity index (χ2n) is 7.39. The Balaban J connectivity index is 1.27. The molecule has 0 aliphatic carbocycles. The molecule has 0 saturated carbocycles. The largest absolute Gasteiger partial charge is 0.441 e. The van der Waals surface area contributed by atoms with Crippen molar-refractivity contribution in [2.24, 2.45) is 0 Å². The first-order valence-corrected chi connectivity index (χ1v) is 11.3. The molecule has 30 heavy (non-hydrogen) atoms. The van der Waals surface area contributed by atoms with Gasteiger partial charge in [-0.3, -0.25) is 4.79 Å². The Bertz CT molecular complexity index is 997. The minimum Gasteiger partial charge on any atom is -0.441 e. The number of aryl methyl sites for hydroxylation is 2. The molecule has 1 aliphatic heterocycles. The number of aromatic nitrogens is 2. The van der Waals surface area contributed by atoms with E-state index in [9.17, 15) is 4.79 Å². The summed E-state index contributed by atoms with van der Waals surface area (Å²) in [5, 5.41) is 0. The van der Waals surface area contributed by atoms with Crippen molar-refractivity contribution >= 4 is 23.5 Å². The molecule has 2 aromatic heterocycles. The first kappa shape index (κ1) is 20.5. The van der Waals surface area contributed by atoms with E-state index in [2.05, 4.69) is 27.9 Å². The lowest BCUT2D eigenvalue weighted by molar-refractivity contribution is -0.128. The van der Waals surface area contributed by atoms with E-state index < -0.39 is 0 Å². The fourth-order valence-corrected chi connectivity index (χ4v) is 4.46. The fraction of sp³-hybridized carbons (Fsp3) is 0.348. The lowest BCUT2D eigenvalue weighted by Crippen LogP contribution is -2.49. The Morgan fingerprint density at radius 2 is 1.83 bits per heavy atom. The van der Waals surface area contributed by atoms with Crippen LogP contribution < -0.4 is 4.90 Å². The van der Waals surface area contributed by atoms with Gasteiger partial charge in [0, 0.05) is 43.7 Å². The Hall–Kier alpha value is -2.80. The molecule has 1 aliphatic rings. The molecule has 6 nitrogen and oxygen atoms in total. The van der Waals surface area contributed by atoms with Gasteiger partial charge >= 0.3 is 0 Å². The summed E-state index contributed by atoms with van der Waals surface area (Å²) < 4.78 is 5.88. The average Bonchev–Trinajstić information content (AvgIpc) is 3.15. The number of benzene rings is 1. The first-order valence-electron chi connectivity index (χ1n) is 10.2. The van der Waals surface area contributed by atoms with E-state index in [1.54, 1.807) is 18.0 Å². The molecule has 3 aromatic rings. The Morgan fingerprint density at radius 3 is 2.57 bits per heavy atom. The number of piperazine rings is 1. The lowest BCUT2D eigenvalue weighted by Gasteiger charge is -2.35. The molecule has 1 amide bonds. The van der Waals surface area contributed by atoms with E-state index in [-0.39, 0.29) is 5.91 Å². The highest BCUT2D eigenvalue weighted by atomic mass is 32.2. The van der Waals surface area contributed by atoms with Gasteiger partial charge in [0.05, 0.1) is 11.4 Å². The van der Waals surface area contributed by atoms with Crippen LogP contribution in [0.5, 0.6) is 0 Å². The molecule has 0 radical (unpaired) electrons. The third-order valence-electron chi connectivity index (χ3n) is 5.34. The molecule has 0 atom stereocenters. The number of nitrogens with zero attached hydrogens (tertiary/aromatic N) is 4. The number of hydrogen-bond acceptors (Lipinski definition) is 6. The number of oxazole rings is 1. The van der Waals surface area contributed by atoms with Crippen molar-refractivity contribution in [2.75, 3.05) is 36.8 Å². The van der Waals surface area contributed by atoms with Gasteiger partial charge in [-0.15, -0.1) is 11.8 Å².